The minimum atomic E-state index is 0.745. The zero-order valence-corrected chi connectivity index (χ0v) is 12.3. The Labute approximate surface area is 117 Å². The Balaban J connectivity index is 2.01. The molecule has 0 aliphatic heterocycles. The maximum absolute atomic E-state index is 4.39. The Hall–Kier alpha value is -1.69. The van der Waals surface area contributed by atoms with Crippen molar-refractivity contribution < 1.29 is 0 Å². The smallest absolute Gasteiger partial charge is 0.132 e. The first-order valence-corrected chi connectivity index (χ1v) is 7.23. The lowest BCUT2D eigenvalue weighted by atomic mass is 10.4. The Bertz CT molecular complexity index is 538. The van der Waals surface area contributed by atoms with Gasteiger partial charge in [0.25, 0.3) is 0 Å². The van der Waals surface area contributed by atoms with Crippen LogP contribution in [-0.2, 0) is 6.54 Å². The minimum Gasteiger partial charge on any atom is -0.370 e. The van der Waals surface area contributed by atoms with Crippen molar-refractivity contribution in [1.29, 1.82) is 0 Å². The summed E-state index contributed by atoms with van der Waals surface area (Å²) in [6.07, 6.45) is 2.98. The SMILES string of the molecule is CCCNc1cc(NCc2cnc(C)s2)nc(C)n1. The Kier molecular flexibility index (Phi) is 4.68. The molecule has 0 amide bonds. The fourth-order valence-electron chi connectivity index (χ4n) is 1.67. The number of nitrogens with one attached hydrogen (secondary N) is 2. The minimum absolute atomic E-state index is 0.745. The van der Waals surface area contributed by atoms with E-state index < -0.39 is 0 Å². The Morgan fingerprint density at radius 2 is 1.89 bits per heavy atom. The highest BCUT2D eigenvalue weighted by Gasteiger charge is 2.03. The zero-order valence-electron chi connectivity index (χ0n) is 11.5. The normalized spacial score (nSPS) is 10.5. The molecular formula is C13H19N5S. The third-order valence-corrected chi connectivity index (χ3v) is 3.42. The fraction of sp³-hybridized carbons (Fsp3) is 0.462. The topological polar surface area (TPSA) is 62.7 Å². The van der Waals surface area contributed by atoms with Gasteiger partial charge in [0.2, 0.25) is 0 Å². The van der Waals surface area contributed by atoms with Crippen molar-refractivity contribution >= 4 is 23.0 Å². The fourth-order valence-corrected chi connectivity index (χ4v) is 2.40. The molecule has 0 saturated carbocycles. The molecule has 2 N–H and O–H groups in total. The van der Waals surface area contributed by atoms with Crippen LogP contribution in [0.15, 0.2) is 12.3 Å². The van der Waals surface area contributed by atoms with E-state index >= 15 is 0 Å². The lowest BCUT2D eigenvalue weighted by molar-refractivity contribution is 0.951. The maximum Gasteiger partial charge on any atom is 0.132 e. The zero-order chi connectivity index (χ0) is 13.7. The van der Waals surface area contributed by atoms with E-state index in [1.165, 1.54) is 4.88 Å². The highest BCUT2D eigenvalue weighted by Crippen LogP contribution is 2.15. The van der Waals surface area contributed by atoms with Crippen LogP contribution in [0, 0.1) is 13.8 Å². The van der Waals surface area contributed by atoms with E-state index in [0.29, 0.717) is 0 Å². The van der Waals surface area contributed by atoms with E-state index in [9.17, 15) is 0 Å². The molecule has 0 bridgehead atoms. The quantitative estimate of drug-likeness (QED) is 0.850. The van der Waals surface area contributed by atoms with Crippen LogP contribution < -0.4 is 10.6 Å². The van der Waals surface area contributed by atoms with E-state index in [-0.39, 0.29) is 0 Å². The van der Waals surface area contributed by atoms with Crippen LogP contribution in [0.4, 0.5) is 11.6 Å². The number of nitrogens with zero attached hydrogens (tertiary/aromatic N) is 3. The molecule has 0 aromatic carbocycles. The molecule has 0 radical (unpaired) electrons. The molecule has 0 aliphatic rings. The number of anilines is 2. The van der Waals surface area contributed by atoms with E-state index in [1.807, 2.05) is 26.1 Å². The van der Waals surface area contributed by atoms with Crippen molar-refractivity contribution in [3.8, 4) is 0 Å². The van der Waals surface area contributed by atoms with Crippen molar-refractivity contribution in [3.63, 3.8) is 0 Å². The van der Waals surface area contributed by atoms with Gasteiger partial charge in [-0.3, -0.25) is 0 Å². The summed E-state index contributed by atoms with van der Waals surface area (Å²) in [5.74, 6) is 2.48. The van der Waals surface area contributed by atoms with Gasteiger partial charge in [-0.25, -0.2) is 15.0 Å². The number of thiazole rings is 1. The lowest BCUT2D eigenvalue weighted by Gasteiger charge is -2.08. The van der Waals surface area contributed by atoms with Crippen molar-refractivity contribution in [2.45, 2.75) is 33.7 Å². The average molecular weight is 277 g/mol. The van der Waals surface area contributed by atoms with Gasteiger partial charge in [-0.1, -0.05) is 6.92 Å². The first kappa shape index (κ1) is 13.7. The third kappa shape index (κ3) is 4.17. The highest BCUT2D eigenvalue weighted by atomic mass is 32.1. The van der Waals surface area contributed by atoms with Crippen LogP contribution in [-0.4, -0.2) is 21.5 Å². The van der Waals surface area contributed by atoms with Gasteiger partial charge in [0, 0.05) is 23.7 Å². The largest absolute Gasteiger partial charge is 0.370 e. The van der Waals surface area contributed by atoms with Crippen molar-refractivity contribution in [2.75, 3.05) is 17.2 Å². The summed E-state index contributed by atoms with van der Waals surface area (Å²) < 4.78 is 0. The summed E-state index contributed by atoms with van der Waals surface area (Å²) >= 11 is 1.70. The Morgan fingerprint density at radius 3 is 2.53 bits per heavy atom. The highest BCUT2D eigenvalue weighted by molar-refractivity contribution is 7.11. The standard InChI is InChI=1S/C13H19N5S/c1-4-5-14-12-6-13(18-9(2)17-12)16-8-11-7-15-10(3)19-11/h6-7H,4-5,8H2,1-3H3,(H2,14,16,17,18). The molecule has 0 atom stereocenters. The van der Waals surface area contributed by atoms with Gasteiger partial charge < -0.3 is 10.6 Å². The predicted molar refractivity (Wildman–Crippen MR) is 79.7 cm³/mol. The van der Waals surface area contributed by atoms with Crippen molar-refractivity contribution in [2.24, 2.45) is 0 Å². The van der Waals surface area contributed by atoms with E-state index in [4.69, 9.17) is 0 Å². The van der Waals surface area contributed by atoms with Crippen LogP contribution in [0.1, 0.15) is 29.1 Å². The summed E-state index contributed by atoms with van der Waals surface area (Å²) in [4.78, 5) is 14.2. The lowest BCUT2D eigenvalue weighted by Crippen LogP contribution is -2.07. The molecular weight excluding hydrogens is 258 g/mol. The number of aryl methyl sites for hydroxylation is 2. The number of rotatable bonds is 6. The van der Waals surface area contributed by atoms with Crippen LogP contribution in [0.5, 0.6) is 0 Å². The molecule has 0 spiro atoms. The van der Waals surface area contributed by atoms with Crippen LogP contribution >= 0.6 is 11.3 Å². The van der Waals surface area contributed by atoms with Crippen LogP contribution in [0.25, 0.3) is 0 Å². The third-order valence-electron chi connectivity index (χ3n) is 2.51. The molecule has 2 heterocycles. The second-order valence-electron chi connectivity index (χ2n) is 4.31. The van der Waals surface area contributed by atoms with Gasteiger partial charge in [-0.15, -0.1) is 11.3 Å². The van der Waals surface area contributed by atoms with Crippen molar-refractivity contribution in [1.82, 2.24) is 15.0 Å². The molecule has 0 saturated heterocycles. The van der Waals surface area contributed by atoms with Crippen LogP contribution in [0.3, 0.4) is 0 Å². The van der Waals surface area contributed by atoms with Gasteiger partial charge in [0.15, 0.2) is 0 Å². The molecule has 2 rings (SSSR count). The molecule has 102 valence electrons. The van der Waals surface area contributed by atoms with E-state index in [2.05, 4.69) is 32.5 Å². The molecule has 0 unspecified atom stereocenters. The number of hydrogen-bond donors (Lipinski definition) is 2. The van der Waals surface area contributed by atoms with Gasteiger partial charge in [0.05, 0.1) is 11.6 Å². The number of hydrogen-bond acceptors (Lipinski definition) is 6. The van der Waals surface area contributed by atoms with Gasteiger partial charge in [-0.2, -0.15) is 0 Å². The molecule has 2 aromatic rings. The van der Waals surface area contributed by atoms with Crippen LogP contribution in [0.2, 0.25) is 0 Å². The summed E-state index contributed by atoms with van der Waals surface area (Å²) in [6.45, 7) is 7.71. The molecule has 6 heteroatoms. The molecule has 2 aromatic heterocycles. The second kappa shape index (κ2) is 6.47. The van der Waals surface area contributed by atoms with E-state index in [0.717, 1.165) is 42.0 Å². The first-order chi connectivity index (χ1) is 9.17. The summed E-state index contributed by atoms with van der Waals surface area (Å²) in [5, 5.41) is 7.67. The molecule has 0 aliphatic carbocycles. The monoisotopic (exact) mass is 277 g/mol. The number of aromatic nitrogens is 3. The predicted octanol–water partition coefficient (Wildman–Crippen LogP) is 2.98. The molecule has 19 heavy (non-hydrogen) atoms. The summed E-state index contributed by atoms with van der Waals surface area (Å²) in [5.41, 5.74) is 0. The van der Waals surface area contributed by atoms with E-state index in [1.54, 1.807) is 11.3 Å². The molecule has 5 nitrogen and oxygen atoms in total. The van der Waals surface area contributed by atoms with Gasteiger partial charge in [-0.05, 0) is 20.3 Å². The Morgan fingerprint density at radius 1 is 1.16 bits per heavy atom. The van der Waals surface area contributed by atoms with Gasteiger partial charge in [0.1, 0.15) is 17.5 Å². The average Bonchev–Trinajstić information content (AvgIpc) is 2.79. The first-order valence-electron chi connectivity index (χ1n) is 6.42. The van der Waals surface area contributed by atoms with Crippen molar-refractivity contribution in [3.05, 3.63) is 28.0 Å². The summed E-state index contributed by atoms with van der Waals surface area (Å²) in [7, 11) is 0. The van der Waals surface area contributed by atoms with Gasteiger partial charge >= 0.3 is 0 Å². The maximum atomic E-state index is 4.39. The molecule has 0 fully saturated rings. The second-order valence-corrected chi connectivity index (χ2v) is 5.63. The summed E-state index contributed by atoms with van der Waals surface area (Å²) in [6, 6.07) is 1.94.